The van der Waals surface area contributed by atoms with Crippen LogP contribution < -0.4 is 14.8 Å². The van der Waals surface area contributed by atoms with Gasteiger partial charge in [0.2, 0.25) is 10.0 Å². The minimum Gasteiger partial charge on any atom is -0.490 e. The Bertz CT molecular complexity index is 711. The zero-order chi connectivity index (χ0) is 18.6. The van der Waals surface area contributed by atoms with Crippen molar-refractivity contribution in [3.63, 3.8) is 0 Å². The molecular formula is C18H30ClN3O4S. The van der Waals surface area contributed by atoms with Crippen molar-refractivity contribution in [3.8, 4) is 11.5 Å². The molecule has 2 heterocycles. The quantitative estimate of drug-likeness (QED) is 0.723. The number of sulfonamides is 1. The number of nitrogens with zero attached hydrogens (tertiary/aromatic N) is 2. The average Bonchev–Trinajstić information content (AvgIpc) is 3.15. The van der Waals surface area contributed by atoms with Crippen LogP contribution in [0.15, 0.2) is 23.1 Å². The maximum Gasteiger partial charge on any atom is 0.243 e. The molecule has 1 unspecified atom stereocenters. The second-order valence-electron chi connectivity index (χ2n) is 6.57. The van der Waals surface area contributed by atoms with Crippen molar-refractivity contribution in [3.05, 3.63) is 18.2 Å². The fraction of sp³-hybridized carbons (Fsp3) is 0.667. The predicted molar refractivity (Wildman–Crippen MR) is 108 cm³/mol. The highest BCUT2D eigenvalue weighted by molar-refractivity contribution is 7.89. The van der Waals surface area contributed by atoms with E-state index < -0.39 is 10.0 Å². The molecule has 0 aromatic heterocycles. The van der Waals surface area contributed by atoms with E-state index in [1.54, 1.807) is 22.5 Å². The number of hydrogen-bond acceptors (Lipinski definition) is 6. The number of nitrogens with one attached hydrogen (secondary N) is 1. The minimum atomic E-state index is -3.53. The molecule has 1 aromatic carbocycles. The number of halogens is 1. The van der Waals surface area contributed by atoms with E-state index in [1.807, 2.05) is 13.8 Å². The number of rotatable bonds is 7. The summed E-state index contributed by atoms with van der Waals surface area (Å²) in [5.74, 6) is 1.06. The molecule has 2 aliphatic rings. The van der Waals surface area contributed by atoms with E-state index in [0.717, 1.165) is 32.6 Å². The van der Waals surface area contributed by atoms with Crippen molar-refractivity contribution in [1.29, 1.82) is 0 Å². The molecule has 9 heteroatoms. The Balaban J connectivity index is 0.00000261. The van der Waals surface area contributed by atoms with E-state index in [-0.39, 0.29) is 17.3 Å². The summed E-state index contributed by atoms with van der Waals surface area (Å²) in [6.07, 6.45) is 0.884. The molecule has 7 nitrogen and oxygen atoms in total. The Labute approximate surface area is 168 Å². The van der Waals surface area contributed by atoms with Gasteiger partial charge in [0.1, 0.15) is 0 Å². The first kappa shape index (κ1) is 22.2. The molecule has 0 spiro atoms. The Hall–Kier alpha value is -1.06. The van der Waals surface area contributed by atoms with E-state index in [9.17, 15) is 8.42 Å². The second-order valence-corrected chi connectivity index (χ2v) is 8.50. The Kier molecular flexibility index (Phi) is 8.18. The highest BCUT2D eigenvalue weighted by Gasteiger charge is 2.35. The van der Waals surface area contributed by atoms with Crippen molar-refractivity contribution in [2.45, 2.75) is 31.2 Å². The molecule has 1 aromatic rings. The zero-order valence-electron chi connectivity index (χ0n) is 16.0. The summed E-state index contributed by atoms with van der Waals surface area (Å²) in [7, 11) is -3.53. The molecule has 0 aliphatic carbocycles. The molecule has 2 saturated heterocycles. The van der Waals surface area contributed by atoms with Crippen LogP contribution in [-0.4, -0.2) is 76.1 Å². The molecule has 1 N–H and O–H groups in total. The lowest BCUT2D eigenvalue weighted by Crippen LogP contribution is -2.49. The molecule has 0 radical (unpaired) electrons. The van der Waals surface area contributed by atoms with Crippen LogP contribution in [0.1, 0.15) is 20.3 Å². The lowest BCUT2D eigenvalue weighted by Gasteiger charge is -2.32. The first-order valence-electron chi connectivity index (χ1n) is 9.40. The van der Waals surface area contributed by atoms with Crippen LogP contribution in [-0.2, 0) is 10.0 Å². The number of piperazine rings is 1. The van der Waals surface area contributed by atoms with Crippen molar-refractivity contribution >= 4 is 22.4 Å². The maximum atomic E-state index is 13.1. The first-order chi connectivity index (χ1) is 12.6. The summed E-state index contributed by atoms with van der Waals surface area (Å²) in [6.45, 7) is 9.75. The smallest absolute Gasteiger partial charge is 0.243 e. The van der Waals surface area contributed by atoms with Crippen LogP contribution >= 0.6 is 12.4 Å². The third kappa shape index (κ3) is 5.06. The number of benzene rings is 1. The molecule has 27 heavy (non-hydrogen) atoms. The van der Waals surface area contributed by atoms with Crippen molar-refractivity contribution < 1.29 is 17.9 Å². The van der Waals surface area contributed by atoms with E-state index in [2.05, 4.69) is 10.2 Å². The molecular weight excluding hydrogens is 390 g/mol. The van der Waals surface area contributed by atoms with Gasteiger partial charge in [-0.1, -0.05) is 0 Å². The van der Waals surface area contributed by atoms with Crippen LogP contribution in [0, 0.1) is 0 Å². The van der Waals surface area contributed by atoms with E-state index in [0.29, 0.717) is 43.8 Å². The SMILES string of the molecule is CCOc1ccc(S(=O)(=O)N2CCC(N3CCNCC3)C2)cc1OCC.Cl. The number of ether oxygens (including phenoxy) is 2. The summed E-state index contributed by atoms with van der Waals surface area (Å²) >= 11 is 0. The van der Waals surface area contributed by atoms with Crippen molar-refractivity contribution in [1.82, 2.24) is 14.5 Å². The van der Waals surface area contributed by atoms with Crippen molar-refractivity contribution in [2.24, 2.45) is 0 Å². The standard InChI is InChI=1S/C18H29N3O4S.ClH/c1-3-24-17-6-5-16(13-18(17)25-4-2)26(22,23)21-10-7-15(14-21)20-11-8-19-9-12-20;/h5-6,13,15,19H,3-4,7-12,14H2,1-2H3;1H. The average molecular weight is 420 g/mol. The van der Waals surface area contributed by atoms with Crippen molar-refractivity contribution in [2.75, 3.05) is 52.5 Å². The fourth-order valence-corrected chi connectivity index (χ4v) is 5.12. The number of hydrogen-bond donors (Lipinski definition) is 1. The summed E-state index contributed by atoms with van der Waals surface area (Å²) in [5, 5.41) is 3.34. The van der Waals surface area contributed by atoms with Gasteiger partial charge in [-0.15, -0.1) is 12.4 Å². The van der Waals surface area contributed by atoms with Crippen LogP contribution in [0.3, 0.4) is 0 Å². The van der Waals surface area contributed by atoms with Crippen LogP contribution in [0.2, 0.25) is 0 Å². The second kappa shape index (κ2) is 9.93. The minimum absolute atomic E-state index is 0. The predicted octanol–water partition coefficient (Wildman–Crippen LogP) is 1.57. The van der Waals surface area contributed by atoms with Gasteiger partial charge in [-0.3, -0.25) is 4.90 Å². The summed E-state index contributed by atoms with van der Waals surface area (Å²) in [4.78, 5) is 2.67. The maximum absolute atomic E-state index is 13.1. The summed E-state index contributed by atoms with van der Waals surface area (Å²) < 4.78 is 38.9. The monoisotopic (exact) mass is 419 g/mol. The van der Waals surface area contributed by atoms with Gasteiger partial charge in [0.15, 0.2) is 11.5 Å². The molecule has 3 rings (SSSR count). The van der Waals surface area contributed by atoms with Crippen LogP contribution in [0.4, 0.5) is 0 Å². The highest BCUT2D eigenvalue weighted by Crippen LogP contribution is 2.32. The Morgan fingerprint density at radius 3 is 2.41 bits per heavy atom. The van der Waals surface area contributed by atoms with Gasteiger partial charge >= 0.3 is 0 Å². The molecule has 2 aliphatic heterocycles. The van der Waals surface area contributed by atoms with E-state index in [4.69, 9.17) is 9.47 Å². The Morgan fingerprint density at radius 2 is 1.74 bits per heavy atom. The van der Waals surface area contributed by atoms with Gasteiger partial charge in [0, 0.05) is 51.4 Å². The first-order valence-corrected chi connectivity index (χ1v) is 10.8. The molecule has 2 fully saturated rings. The zero-order valence-corrected chi connectivity index (χ0v) is 17.7. The van der Waals surface area contributed by atoms with Crippen LogP contribution in [0.25, 0.3) is 0 Å². The molecule has 154 valence electrons. The lowest BCUT2D eigenvalue weighted by atomic mass is 10.2. The van der Waals surface area contributed by atoms with E-state index in [1.165, 1.54) is 0 Å². The normalized spacial score (nSPS) is 21.6. The summed E-state index contributed by atoms with van der Waals surface area (Å²) in [6, 6.07) is 5.19. The molecule has 0 saturated carbocycles. The highest BCUT2D eigenvalue weighted by atomic mass is 35.5. The molecule has 0 amide bonds. The molecule has 1 atom stereocenters. The molecule has 0 bridgehead atoms. The van der Waals surface area contributed by atoms with Crippen LogP contribution in [0.5, 0.6) is 11.5 Å². The van der Waals surface area contributed by atoms with E-state index >= 15 is 0 Å². The van der Waals surface area contributed by atoms with Gasteiger partial charge in [-0.05, 0) is 32.4 Å². The third-order valence-corrected chi connectivity index (χ3v) is 6.81. The Morgan fingerprint density at radius 1 is 1.07 bits per heavy atom. The van der Waals surface area contributed by atoms with Gasteiger partial charge in [-0.2, -0.15) is 4.31 Å². The lowest BCUT2D eigenvalue weighted by molar-refractivity contribution is 0.179. The van der Waals surface area contributed by atoms with Gasteiger partial charge in [-0.25, -0.2) is 8.42 Å². The topological polar surface area (TPSA) is 71.1 Å². The summed E-state index contributed by atoms with van der Waals surface area (Å²) in [5.41, 5.74) is 0. The van der Waals surface area contributed by atoms with Gasteiger partial charge < -0.3 is 14.8 Å². The third-order valence-electron chi connectivity index (χ3n) is 4.95. The fourth-order valence-electron chi connectivity index (χ4n) is 3.62. The van der Waals surface area contributed by atoms with Gasteiger partial charge in [0.05, 0.1) is 18.1 Å². The van der Waals surface area contributed by atoms with Gasteiger partial charge in [0.25, 0.3) is 0 Å². The largest absolute Gasteiger partial charge is 0.490 e.